The van der Waals surface area contributed by atoms with Gasteiger partial charge in [-0.15, -0.1) is 0 Å². The summed E-state index contributed by atoms with van der Waals surface area (Å²) in [6.07, 6.45) is 24.0. The van der Waals surface area contributed by atoms with E-state index in [2.05, 4.69) is 327 Å². The average Bonchev–Trinajstić information content (AvgIpc) is 0.829. The van der Waals surface area contributed by atoms with Crippen molar-refractivity contribution in [2.24, 2.45) is 34.5 Å². The minimum atomic E-state index is -3.50. The summed E-state index contributed by atoms with van der Waals surface area (Å²) in [5.41, 5.74) is -0.312. The summed E-state index contributed by atoms with van der Waals surface area (Å²) in [6, 6.07) is 104. The first kappa shape index (κ1) is 113. The van der Waals surface area contributed by atoms with E-state index >= 15 is 0 Å². The molecule has 3 heterocycles. The Hall–Kier alpha value is -4.59. The van der Waals surface area contributed by atoms with Gasteiger partial charge in [-0.2, -0.15) is 17.6 Å². The first-order valence-electron chi connectivity index (χ1n) is 44.9. The molecule has 17 nitrogen and oxygen atoms in total. The second-order valence-electron chi connectivity index (χ2n) is 35.3. The van der Waals surface area contributed by atoms with Crippen LogP contribution in [0.2, 0.25) is 0 Å². The largest absolute Gasteiger partial charge is 0.478 e. The molecule has 12 aromatic carbocycles. The number of hydrogen-bond acceptors (Lipinski definition) is 13. The molecule has 3 aromatic heterocycles. The Morgan fingerprint density at radius 1 is 0.380 bits per heavy atom. The van der Waals surface area contributed by atoms with Crippen LogP contribution in [-0.4, -0.2) is 111 Å². The van der Waals surface area contributed by atoms with Crippen LogP contribution in [0.15, 0.2) is 395 Å². The van der Waals surface area contributed by atoms with E-state index in [9.17, 15) is 51.4 Å². The van der Waals surface area contributed by atoms with E-state index in [-0.39, 0.29) is 103 Å². The molecule has 8 aliphatic rings. The zero-order valence-electron chi connectivity index (χ0n) is 76.5. The van der Waals surface area contributed by atoms with Crippen molar-refractivity contribution in [3.63, 3.8) is 0 Å². The molecule has 4 unspecified atom stereocenters. The predicted molar refractivity (Wildman–Crippen MR) is 663 cm³/mol. The van der Waals surface area contributed by atoms with Gasteiger partial charge in [0, 0.05) is 67.4 Å². The fraction of sp³-hybridized carbons (Fsp3) is 0.243. The number of halogens is 16. The van der Waals surface area contributed by atoms with Gasteiger partial charge in [0.2, 0.25) is 0 Å². The molecule has 15 aromatic rings. The summed E-state index contributed by atoms with van der Waals surface area (Å²) in [7, 11) is -1.74. The normalized spacial score (nSPS) is 20.1. The molecule has 0 amide bonds. The van der Waals surface area contributed by atoms with Gasteiger partial charge in [-0.25, -0.2) is 38.9 Å². The molecule has 4 atom stereocenters. The average molecular weight is 3310 g/mol. The van der Waals surface area contributed by atoms with Gasteiger partial charge in [-0.05, 0) is 224 Å². The first-order valence-corrected chi connectivity index (χ1v) is 117. The molecule has 746 valence electrons. The number of carboxylic acids is 1. The van der Waals surface area contributed by atoms with E-state index in [4.69, 9.17) is 19.3 Å². The molecule has 2 N–H and O–H groups in total. The van der Waals surface area contributed by atoms with E-state index < -0.39 is 41.0 Å². The fourth-order valence-electron chi connectivity index (χ4n) is 20.0. The second kappa shape index (κ2) is 53.4. The van der Waals surface area contributed by atoms with Crippen molar-refractivity contribution in [2.45, 2.75) is 143 Å². The number of carboxylic acid groups (broad SMARTS) is 1. The number of aromatic nitrogens is 6. The van der Waals surface area contributed by atoms with Crippen molar-refractivity contribution in [2.75, 3.05) is 13.2 Å². The number of aliphatic hydroxyl groups is 1. The number of nitrogens with zero attached hydrogens (tertiary/aromatic N) is 6. The molecule has 0 spiro atoms. The summed E-state index contributed by atoms with van der Waals surface area (Å²) in [5.74, 6) is -9.48. The van der Waals surface area contributed by atoms with Crippen molar-refractivity contribution in [3.05, 3.63) is 382 Å². The standard InChI is InChI=1S/C25H26F2O4.2C18H15S.C14H20F2O3.C14H10N2O.C11H8O2.C7H6N4O.I12/c1-23(26,27)22(29)30-15-24-10-16-9-17(11-24)13-25(12-16,14-24)31-21(28)20-8-4-6-18-5-2-3-7-19(18)20;2*1-4-10-16(11-5-1)19(17-12-6-2-7-13-17)18-14-8-3-9-15-18;1-12(15,16)11(17)19-8-13-3-9-2-10(4-13)6-14(18,5-9)7-13;17-14(16-9-8-15-10-16)13-7-3-5-11-4-1-2-6-12(11)13;12-11(13)10-7-3-5-8-4-1-2-6-9(8)10;12-7(10-3-1-8-5-10)11-4-2-9-6-11;1-8(2)10(5)12(7)11(6)9(3)4/h2-8,16-17H,9-15H2,1H3;2*1-15H;9-10,18H,2-8H2,1H3;1-10H;1-7H,(H,12,13);1-6H;/q;2*+1;;;;;. The molecule has 23 rings (SSSR count). The first-order chi connectivity index (χ1) is 68.2. The zero-order chi connectivity index (χ0) is 101. The molecular weight excluding hydrogens is 3210 g/mol. The maximum atomic E-state index is 13.3. The topological polar surface area (TPSA) is 224 Å². The second-order valence-corrected chi connectivity index (χ2v) is 283. The Labute approximate surface area is 917 Å². The molecule has 8 aliphatic carbocycles. The third kappa shape index (κ3) is 31.1. The Bertz CT molecular complexity index is 6270. The summed E-state index contributed by atoms with van der Waals surface area (Å²) < 4.78 is 72.6. The van der Waals surface area contributed by atoms with Gasteiger partial charge in [0.05, 0.1) is 51.7 Å². The van der Waals surface area contributed by atoms with Crippen LogP contribution in [-0.2, 0) is 45.6 Å². The molecule has 8 saturated carbocycles. The van der Waals surface area contributed by atoms with Crippen LogP contribution in [0.3, 0.4) is 0 Å². The van der Waals surface area contributed by atoms with Crippen LogP contribution in [0.1, 0.15) is 122 Å². The van der Waals surface area contributed by atoms with Crippen LogP contribution in [0.5, 0.6) is 0 Å². The summed E-state index contributed by atoms with van der Waals surface area (Å²) in [5, 5.41) is 25.0. The van der Waals surface area contributed by atoms with E-state index in [1.54, 1.807) is 55.4 Å². The van der Waals surface area contributed by atoms with E-state index in [0.717, 1.165) is 96.5 Å². The van der Waals surface area contributed by atoms with Crippen molar-refractivity contribution >= 4 is 260 Å². The number of fused-ring (bicyclic) bond motifs is 3. The number of esters is 3. The van der Waals surface area contributed by atoms with Crippen LogP contribution in [0.4, 0.5) is 22.4 Å². The number of aromatic carboxylic acids is 1. The summed E-state index contributed by atoms with van der Waals surface area (Å²) in [6.45, 7) is 1.12. The van der Waals surface area contributed by atoms with Crippen LogP contribution < -0.4 is 0 Å². The SMILES string of the molecule is CC(F)(F)C(=O)OCC12CC3CC(C1)CC(OC(=O)c1cccc4ccccc14)(C3)C2.CC(F)(F)C(=O)OCC12CC3CC(CC(O)(C3)C1)C2.II(I)I(I)I(I)I(I)I(I)I.O=C(O)c1cccc2ccccc12.O=C(c1cccc2ccccc12)n1ccnc1.O=C(n1ccnc1)n1ccnc1.c1ccc([S+](c2ccccc2)c2ccccc2)cc1.c1ccc([S+](c2ccccc2)c2ccccc2)cc1. The van der Waals surface area contributed by atoms with Crippen molar-refractivity contribution in [3.8, 4) is 0 Å². The molecule has 8 fully saturated rings. The third-order valence-electron chi connectivity index (χ3n) is 24.8. The quantitative estimate of drug-likeness (QED) is 0.0238. The van der Waals surface area contributed by atoms with Gasteiger partial charge in [-0.3, -0.25) is 18.5 Å². The van der Waals surface area contributed by atoms with E-state index in [1.807, 2.05) is 109 Å². The summed E-state index contributed by atoms with van der Waals surface area (Å²) >= 11 is 20.1. The maximum absolute atomic E-state index is 13.3. The van der Waals surface area contributed by atoms with Gasteiger partial charge in [-0.1, -0.05) is 218 Å². The third-order valence-corrected chi connectivity index (χ3v) is 690. The summed E-state index contributed by atoms with van der Waals surface area (Å²) in [4.78, 5) is 90.2. The predicted octanol–water partition coefficient (Wildman–Crippen LogP) is 34.1. The molecule has 35 heteroatoms. The molecule has 142 heavy (non-hydrogen) atoms. The number of carbonyl (C=O) groups is 6. The van der Waals surface area contributed by atoms with E-state index in [0.29, 0.717) is 67.1 Å². The Morgan fingerprint density at radius 3 is 1.00 bits per heavy atom. The number of ether oxygens (including phenoxy) is 3. The number of benzene rings is 12. The molecule has 0 saturated heterocycles. The Balaban J connectivity index is 0.000000132. The van der Waals surface area contributed by atoms with Crippen molar-refractivity contribution < 1.29 is 70.8 Å². The molecule has 8 bridgehead atoms. The maximum Gasteiger partial charge on any atom is 0.338 e. The smallest absolute Gasteiger partial charge is 0.338 e. The van der Waals surface area contributed by atoms with Crippen LogP contribution >= 0.6 is 170 Å². The Kier molecular flexibility index (Phi) is 42.5. The molecular formula is C107H100F4I12N6O11S2+2. The molecule has 0 aliphatic heterocycles. The number of carbonyl (C=O) groups excluding carboxylic acids is 5. The zero-order valence-corrected chi connectivity index (χ0v) is 104. The number of alkyl halides is 4. The minimum Gasteiger partial charge on any atom is -0.478 e. The van der Waals surface area contributed by atoms with Crippen LogP contribution in [0.25, 0.3) is 32.3 Å². The van der Waals surface area contributed by atoms with Crippen LogP contribution in [0, 0.1) is 34.5 Å². The number of rotatable bonds is 20. The van der Waals surface area contributed by atoms with Crippen molar-refractivity contribution in [1.29, 1.82) is 0 Å². The van der Waals surface area contributed by atoms with Gasteiger partial charge in [0.25, 0.3) is 5.91 Å². The van der Waals surface area contributed by atoms with Gasteiger partial charge in [0.1, 0.15) is 24.6 Å². The minimum absolute atomic E-state index is 0.0146. The number of imidazole rings is 3. The Morgan fingerprint density at radius 2 is 0.676 bits per heavy atom. The van der Waals surface area contributed by atoms with E-state index in [1.165, 1.54) is 62.1 Å². The van der Waals surface area contributed by atoms with Gasteiger partial charge < -0.3 is 24.4 Å². The molecule has 0 radical (unpaired) electrons. The van der Waals surface area contributed by atoms with Crippen molar-refractivity contribution in [1.82, 2.24) is 28.7 Å². The monoisotopic (exact) mass is 3310 g/mol. The van der Waals surface area contributed by atoms with Gasteiger partial charge in [0.15, 0.2) is 29.4 Å². The fourth-order valence-corrected chi connectivity index (χ4v) is 1280. The van der Waals surface area contributed by atoms with Gasteiger partial charge >= 0.3 is 212 Å². The number of hydrogen-bond donors (Lipinski definition) is 2.